The van der Waals surface area contributed by atoms with Crippen molar-refractivity contribution in [1.82, 2.24) is 15.4 Å². The van der Waals surface area contributed by atoms with Crippen LogP contribution in [0.1, 0.15) is 23.7 Å². The molecule has 126 valence electrons. The molecule has 10 heteroatoms. The van der Waals surface area contributed by atoms with Crippen molar-refractivity contribution in [2.75, 3.05) is 17.3 Å². The third kappa shape index (κ3) is 4.07. The number of anilines is 2. The van der Waals surface area contributed by atoms with Crippen LogP contribution in [0, 0.1) is 10.1 Å². The van der Waals surface area contributed by atoms with Gasteiger partial charge in [-0.25, -0.2) is 9.97 Å². The molecule has 0 saturated carbocycles. The van der Waals surface area contributed by atoms with Crippen molar-refractivity contribution in [2.45, 2.75) is 13.3 Å². The number of halogens is 1. The SMILES string of the molecule is CCCNc1ncnc(NNC(=O)c2ccccc2Cl)c1[N+](=O)[O-]. The average Bonchev–Trinajstić information content (AvgIpc) is 2.57. The second-order valence-electron chi connectivity index (χ2n) is 4.66. The quantitative estimate of drug-likeness (QED) is 0.518. The zero-order valence-electron chi connectivity index (χ0n) is 12.7. The van der Waals surface area contributed by atoms with Crippen molar-refractivity contribution < 1.29 is 9.72 Å². The lowest BCUT2D eigenvalue weighted by Gasteiger charge is -2.11. The Bertz CT molecular complexity index is 755. The molecule has 0 atom stereocenters. The number of nitrogens with zero attached hydrogens (tertiary/aromatic N) is 3. The van der Waals surface area contributed by atoms with Gasteiger partial charge in [-0.1, -0.05) is 30.7 Å². The van der Waals surface area contributed by atoms with Gasteiger partial charge in [-0.15, -0.1) is 0 Å². The van der Waals surface area contributed by atoms with Gasteiger partial charge in [-0.2, -0.15) is 0 Å². The lowest BCUT2D eigenvalue weighted by molar-refractivity contribution is -0.383. The van der Waals surface area contributed by atoms with Crippen LogP contribution in [0.4, 0.5) is 17.3 Å². The molecule has 0 radical (unpaired) electrons. The summed E-state index contributed by atoms with van der Waals surface area (Å²) in [5, 5.41) is 14.4. The number of aromatic nitrogens is 2. The summed E-state index contributed by atoms with van der Waals surface area (Å²) in [6.07, 6.45) is 1.93. The van der Waals surface area contributed by atoms with Crippen LogP contribution in [0.2, 0.25) is 5.02 Å². The molecule has 0 aliphatic heterocycles. The van der Waals surface area contributed by atoms with E-state index in [1.807, 2.05) is 6.92 Å². The number of carbonyl (C=O) groups is 1. The van der Waals surface area contributed by atoms with Gasteiger partial charge in [0.05, 0.1) is 15.5 Å². The second-order valence-corrected chi connectivity index (χ2v) is 5.07. The van der Waals surface area contributed by atoms with Gasteiger partial charge in [-0.05, 0) is 18.6 Å². The molecule has 1 aromatic carbocycles. The molecule has 0 unspecified atom stereocenters. The topological polar surface area (TPSA) is 122 Å². The highest BCUT2D eigenvalue weighted by atomic mass is 35.5. The van der Waals surface area contributed by atoms with E-state index in [1.54, 1.807) is 18.2 Å². The maximum atomic E-state index is 12.1. The number of nitro groups is 1. The summed E-state index contributed by atoms with van der Waals surface area (Å²) in [5.41, 5.74) is 4.66. The molecule has 0 spiro atoms. The molecule has 0 bridgehead atoms. The molecule has 0 aliphatic rings. The third-order valence-corrected chi connectivity index (χ3v) is 3.29. The molecular weight excluding hydrogens is 336 g/mol. The zero-order valence-corrected chi connectivity index (χ0v) is 13.5. The fourth-order valence-corrected chi connectivity index (χ4v) is 2.07. The number of rotatable bonds is 7. The van der Waals surface area contributed by atoms with Crippen molar-refractivity contribution >= 4 is 34.8 Å². The Morgan fingerprint density at radius 3 is 2.67 bits per heavy atom. The number of hydrazine groups is 1. The van der Waals surface area contributed by atoms with E-state index in [1.165, 1.54) is 6.07 Å². The van der Waals surface area contributed by atoms with Gasteiger partial charge < -0.3 is 5.32 Å². The molecule has 0 saturated heterocycles. The molecule has 24 heavy (non-hydrogen) atoms. The summed E-state index contributed by atoms with van der Waals surface area (Å²) >= 11 is 5.93. The summed E-state index contributed by atoms with van der Waals surface area (Å²) in [7, 11) is 0. The van der Waals surface area contributed by atoms with E-state index in [9.17, 15) is 14.9 Å². The zero-order chi connectivity index (χ0) is 17.5. The molecular formula is C14H15ClN6O3. The number of hydrogen-bond acceptors (Lipinski definition) is 7. The lowest BCUT2D eigenvalue weighted by atomic mass is 10.2. The molecule has 2 aromatic rings. The molecule has 0 aliphatic carbocycles. The second kappa shape index (κ2) is 8.06. The fraction of sp³-hybridized carbons (Fsp3) is 0.214. The van der Waals surface area contributed by atoms with Gasteiger partial charge in [0.15, 0.2) is 0 Å². The largest absolute Gasteiger partial charge is 0.364 e. The monoisotopic (exact) mass is 350 g/mol. The fourth-order valence-electron chi connectivity index (χ4n) is 1.84. The Hall–Kier alpha value is -2.94. The first-order valence-corrected chi connectivity index (χ1v) is 7.46. The van der Waals surface area contributed by atoms with Gasteiger partial charge >= 0.3 is 5.69 Å². The van der Waals surface area contributed by atoms with Gasteiger partial charge in [0, 0.05) is 6.54 Å². The number of hydrogen-bond donors (Lipinski definition) is 3. The minimum Gasteiger partial charge on any atom is -0.364 e. The van der Waals surface area contributed by atoms with Crippen LogP contribution in [-0.4, -0.2) is 27.3 Å². The van der Waals surface area contributed by atoms with Crippen molar-refractivity contribution in [2.24, 2.45) is 0 Å². The Labute approximate surface area is 142 Å². The summed E-state index contributed by atoms with van der Waals surface area (Å²) < 4.78 is 0. The predicted octanol–water partition coefficient (Wildman–Crippen LogP) is 2.62. The maximum Gasteiger partial charge on any atom is 0.354 e. The van der Waals surface area contributed by atoms with E-state index in [2.05, 4.69) is 26.1 Å². The molecule has 1 heterocycles. The highest BCUT2D eigenvalue weighted by Gasteiger charge is 2.23. The Morgan fingerprint density at radius 1 is 1.29 bits per heavy atom. The summed E-state index contributed by atoms with van der Waals surface area (Å²) in [4.78, 5) is 30.4. The van der Waals surface area contributed by atoms with Gasteiger partial charge in [0.2, 0.25) is 11.6 Å². The summed E-state index contributed by atoms with van der Waals surface area (Å²) in [5.74, 6) is -0.600. The van der Waals surface area contributed by atoms with E-state index < -0.39 is 10.8 Å². The minimum absolute atomic E-state index is 0.0753. The van der Waals surface area contributed by atoms with Gasteiger partial charge in [-0.3, -0.25) is 25.8 Å². The van der Waals surface area contributed by atoms with Crippen LogP contribution in [0.25, 0.3) is 0 Å². The predicted molar refractivity (Wildman–Crippen MR) is 90.0 cm³/mol. The van der Waals surface area contributed by atoms with E-state index in [-0.39, 0.29) is 27.9 Å². The highest BCUT2D eigenvalue weighted by Crippen LogP contribution is 2.28. The Balaban J connectivity index is 2.19. The average molecular weight is 351 g/mol. The van der Waals surface area contributed by atoms with Crippen molar-refractivity contribution in [3.63, 3.8) is 0 Å². The van der Waals surface area contributed by atoms with Crippen molar-refractivity contribution in [1.29, 1.82) is 0 Å². The normalized spacial score (nSPS) is 10.1. The standard InChI is InChI=1S/C14H15ClN6O3/c1-2-7-16-12-11(21(23)24)13(18-8-17-12)19-20-14(22)9-5-3-4-6-10(9)15/h3-6,8H,2,7H2,1H3,(H,20,22)(H2,16,17,18,19). The first-order valence-electron chi connectivity index (χ1n) is 7.08. The summed E-state index contributed by atoms with van der Waals surface area (Å²) in [6.45, 7) is 2.44. The number of nitrogens with one attached hydrogen (secondary N) is 3. The van der Waals surface area contributed by atoms with Crippen molar-refractivity contribution in [3.8, 4) is 0 Å². The van der Waals surface area contributed by atoms with Crippen LogP contribution < -0.4 is 16.2 Å². The summed E-state index contributed by atoms with van der Waals surface area (Å²) in [6, 6.07) is 6.44. The Morgan fingerprint density at radius 2 is 2.00 bits per heavy atom. The van der Waals surface area contributed by atoms with Crippen LogP contribution in [0.3, 0.4) is 0 Å². The Kier molecular flexibility index (Phi) is 5.85. The minimum atomic E-state index is -0.623. The van der Waals surface area contributed by atoms with Gasteiger partial charge in [0.1, 0.15) is 6.33 Å². The van der Waals surface area contributed by atoms with Crippen LogP contribution >= 0.6 is 11.6 Å². The molecule has 3 N–H and O–H groups in total. The first-order chi connectivity index (χ1) is 11.5. The number of benzene rings is 1. The number of amides is 1. The molecule has 1 amide bonds. The van der Waals surface area contributed by atoms with Crippen molar-refractivity contribution in [3.05, 3.63) is 51.3 Å². The number of carbonyl (C=O) groups excluding carboxylic acids is 1. The smallest absolute Gasteiger partial charge is 0.354 e. The van der Waals surface area contributed by atoms with E-state index in [4.69, 9.17) is 11.6 Å². The molecule has 0 fully saturated rings. The van der Waals surface area contributed by atoms with E-state index in [0.29, 0.717) is 6.54 Å². The maximum absolute atomic E-state index is 12.1. The molecule has 1 aromatic heterocycles. The van der Waals surface area contributed by atoms with E-state index in [0.717, 1.165) is 12.7 Å². The first kappa shape index (κ1) is 17.4. The molecule has 9 nitrogen and oxygen atoms in total. The highest BCUT2D eigenvalue weighted by molar-refractivity contribution is 6.33. The van der Waals surface area contributed by atoms with Crippen LogP contribution in [-0.2, 0) is 0 Å². The lowest BCUT2D eigenvalue weighted by Crippen LogP contribution is -2.30. The third-order valence-electron chi connectivity index (χ3n) is 2.96. The van der Waals surface area contributed by atoms with E-state index >= 15 is 0 Å². The van der Waals surface area contributed by atoms with Crippen LogP contribution in [0.15, 0.2) is 30.6 Å². The van der Waals surface area contributed by atoms with Crippen LogP contribution in [0.5, 0.6) is 0 Å². The molecule has 2 rings (SSSR count). The van der Waals surface area contributed by atoms with Gasteiger partial charge in [0.25, 0.3) is 5.91 Å².